The Bertz CT molecular complexity index is 775. The van der Waals surface area contributed by atoms with Gasteiger partial charge in [0.1, 0.15) is 17.8 Å². The molecule has 0 spiro atoms. The number of ether oxygens (including phenoxy) is 1. The molecule has 0 bridgehead atoms. The van der Waals surface area contributed by atoms with Crippen LogP contribution in [0.1, 0.15) is 5.56 Å². The van der Waals surface area contributed by atoms with Crippen LogP contribution in [-0.2, 0) is 0 Å². The molecule has 0 aliphatic heterocycles. The molecule has 110 valence electrons. The molecule has 2 aromatic carbocycles. The van der Waals surface area contributed by atoms with Crippen LogP contribution in [0.25, 0.3) is 0 Å². The maximum absolute atomic E-state index is 6.12. The van der Waals surface area contributed by atoms with Crippen molar-refractivity contribution in [3.05, 3.63) is 66.5 Å². The summed E-state index contributed by atoms with van der Waals surface area (Å²) in [5.74, 6) is 1.53. The Morgan fingerprint density at radius 3 is 2.45 bits per heavy atom. The van der Waals surface area contributed by atoms with E-state index in [1.165, 1.54) is 6.33 Å². The largest absolute Gasteiger partial charge is 0.437 e. The van der Waals surface area contributed by atoms with Gasteiger partial charge in [0.2, 0.25) is 5.88 Å². The Balaban J connectivity index is 1.88. The van der Waals surface area contributed by atoms with Crippen molar-refractivity contribution >= 4 is 17.2 Å². The van der Waals surface area contributed by atoms with Crippen LogP contribution in [0.3, 0.4) is 0 Å². The number of para-hydroxylation sites is 2. The van der Waals surface area contributed by atoms with Gasteiger partial charge in [0, 0.05) is 5.69 Å². The van der Waals surface area contributed by atoms with E-state index in [0.717, 1.165) is 11.3 Å². The summed E-state index contributed by atoms with van der Waals surface area (Å²) in [6.45, 7) is 2.01. The van der Waals surface area contributed by atoms with E-state index in [1.54, 1.807) is 0 Å². The first kappa shape index (κ1) is 13.9. The van der Waals surface area contributed by atoms with E-state index in [-0.39, 0.29) is 0 Å². The number of aromatic nitrogens is 2. The molecule has 3 rings (SSSR count). The molecule has 0 saturated carbocycles. The molecule has 0 saturated heterocycles. The van der Waals surface area contributed by atoms with Gasteiger partial charge in [0.25, 0.3) is 0 Å². The van der Waals surface area contributed by atoms with Gasteiger partial charge in [-0.1, -0.05) is 36.4 Å². The van der Waals surface area contributed by atoms with Crippen molar-refractivity contribution in [2.75, 3.05) is 11.1 Å². The third kappa shape index (κ3) is 2.98. The maximum Gasteiger partial charge on any atom is 0.248 e. The van der Waals surface area contributed by atoms with Crippen LogP contribution in [0.4, 0.5) is 17.2 Å². The number of nitrogens with two attached hydrogens (primary N) is 1. The van der Waals surface area contributed by atoms with E-state index in [0.29, 0.717) is 23.1 Å². The number of rotatable bonds is 4. The Morgan fingerprint density at radius 1 is 0.955 bits per heavy atom. The number of nitrogens with one attached hydrogen (secondary N) is 1. The van der Waals surface area contributed by atoms with Gasteiger partial charge in [-0.2, -0.15) is 4.98 Å². The number of hydrogen-bond acceptors (Lipinski definition) is 5. The van der Waals surface area contributed by atoms with Gasteiger partial charge in [-0.25, -0.2) is 4.98 Å². The number of anilines is 3. The highest BCUT2D eigenvalue weighted by molar-refractivity contribution is 5.73. The quantitative estimate of drug-likeness (QED) is 0.763. The third-order valence-corrected chi connectivity index (χ3v) is 3.20. The Morgan fingerprint density at radius 2 is 1.68 bits per heavy atom. The molecule has 0 aliphatic carbocycles. The van der Waals surface area contributed by atoms with Crippen molar-refractivity contribution in [3.63, 3.8) is 0 Å². The highest BCUT2D eigenvalue weighted by atomic mass is 16.5. The van der Waals surface area contributed by atoms with Crippen molar-refractivity contribution in [2.45, 2.75) is 6.92 Å². The molecule has 0 radical (unpaired) electrons. The van der Waals surface area contributed by atoms with Gasteiger partial charge in [-0.3, -0.25) is 0 Å². The van der Waals surface area contributed by atoms with Crippen LogP contribution in [0.2, 0.25) is 0 Å². The van der Waals surface area contributed by atoms with E-state index >= 15 is 0 Å². The molecule has 5 nitrogen and oxygen atoms in total. The second-order valence-corrected chi connectivity index (χ2v) is 4.80. The summed E-state index contributed by atoms with van der Waals surface area (Å²) in [6.07, 6.45) is 1.43. The van der Waals surface area contributed by atoms with Crippen molar-refractivity contribution in [3.8, 4) is 11.6 Å². The summed E-state index contributed by atoms with van der Waals surface area (Å²) >= 11 is 0. The van der Waals surface area contributed by atoms with Crippen molar-refractivity contribution in [1.82, 2.24) is 9.97 Å². The zero-order chi connectivity index (χ0) is 15.4. The maximum atomic E-state index is 6.12. The molecule has 5 heteroatoms. The Labute approximate surface area is 128 Å². The normalized spacial score (nSPS) is 10.2. The topological polar surface area (TPSA) is 73.1 Å². The summed E-state index contributed by atoms with van der Waals surface area (Å²) < 4.78 is 5.70. The van der Waals surface area contributed by atoms with Crippen LogP contribution in [0, 0.1) is 6.92 Å². The Hall–Kier alpha value is -3.08. The predicted molar refractivity (Wildman–Crippen MR) is 87.4 cm³/mol. The lowest BCUT2D eigenvalue weighted by Gasteiger charge is -2.13. The summed E-state index contributed by atoms with van der Waals surface area (Å²) in [7, 11) is 0. The van der Waals surface area contributed by atoms with Crippen molar-refractivity contribution in [1.29, 1.82) is 0 Å². The smallest absolute Gasteiger partial charge is 0.248 e. The summed E-state index contributed by atoms with van der Waals surface area (Å²) in [5.41, 5.74) is 8.53. The fourth-order valence-corrected chi connectivity index (χ4v) is 2.00. The van der Waals surface area contributed by atoms with Gasteiger partial charge in [0.15, 0.2) is 5.82 Å². The first-order valence-electron chi connectivity index (χ1n) is 6.90. The minimum absolute atomic E-state index is 0.331. The molecule has 0 fully saturated rings. The van der Waals surface area contributed by atoms with E-state index in [1.807, 2.05) is 61.5 Å². The number of hydrogen-bond donors (Lipinski definition) is 2. The average molecular weight is 292 g/mol. The molecule has 0 aliphatic rings. The van der Waals surface area contributed by atoms with Crippen LogP contribution in [0.15, 0.2) is 60.9 Å². The average Bonchev–Trinajstić information content (AvgIpc) is 2.54. The molecular weight excluding hydrogens is 276 g/mol. The first-order valence-corrected chi connectivity index (χ1v) is 6.90. The molecule has 3 N–H and O–H groups in total. The van der Waals surface area contributed by atoms with Crippen LogP contribution in [0.5, 0.6) is 11.6 Å². The van der Waals surface area contributed by atoms with E-state index in [2.05, 4.69) is 15.3 Å². The molecule has 22 heavy (non-hydrogen) atoms. The monoisotopic (exact) mass is 292 g/mol. The van der Waals surface area contributed by atoms with Crippen LogP contribution in [-0.4, -0.2) is 9.97 Å². The van der Waals surface area contributed by atoms with Crippen LogP contribution < -0.4 is 15.8 Å². The second-order valence-electron chi connectivity index (χ2n) is 4.80. The van der Waals surface area contributed by atoms with Gasteiger partial charge in [-0.15, -0.1) is 0 Å². The molecule has 1 heterocycles. The lowest BCUT2D eigenvalue weighted by molar-refractivity contribution is 0.464. The fourth-order valence-electron chi connectivity index (χ4n) is 2.00. The molecule has 0 atom stereocenters. The molecule has 1 aromatic heterocycles. The summed E-state index contributed by atoms with van der Waals surface area (Å²) in [4.78, 5) is 8.29. The van der Waals surface area contributed by atoms with Gasteiger partial charge in [-0.05, 0) is 30.7 Å². The lowest BCUT2D eigenvalue weighted by atomic mass is 10.2. The summed E-state index contributed by atoms with van der Waals surface area (Å²) in [6, 6.07) is 17.3. The lowest BCUT2D eigenvalue weighted by Crippen LogP contribution is -2.03. The van der Waals surface area contributed by atoms with Crippen molar-refractivity contribution < 1.29 is 4.74 Å². The standard InChI is InChI=1S/C17H16N4O/c1-12-7-5-6-10-14(12)21-16-15(18)17(20-11-19-16)22-13-8-3-2-4-9-13/h2-11H,18H2,1H3,(H,19,20,21). The minimum atomic E-state index is 0.331. The van der Waals surface area contributed by atoms with Gasteiger partial charge in [0.05, 0.1) is 0 Å². The van der Waals surface area contributed by atoms with E-state index < -0.39 is 0 Å². The summed E-state index contributed by atoms with van der Waals surface area (Å²) in [5, 5.41) is 3.21. The number of nitrogen functional groups attached to an aromatic ring is 1. The molecule has 3 aromatic rings. The predicted octanol–water partition coefficient (Wildman–Crippen LogP) is 3.90. The SMILES string of the molecule is Cc1ccccc1Nc1ncnc(Oc2ccccc2)c1N. The molecular formula is C17H16N4O. The van der Waals surface area contributed by atoms with Gasteiger partial charge < -0.3 is 15.8 Å². The zero-order valence-corrected chi connectivity index (χ0v) is 12.2. The fraction of sp³-hybridized carbons (Fsp3) is 0.0588. The zero-order valence-electron chi connectivity index (χ0n) is 12.2. The van der Waals surface area contributed by atoms with Gasteiger partial charge >= 0.3 is 0 Å². The first-order chi connectivity index (χ1) is 10.7. The van der Waals surface area contributed by atoms with Crippen LogP contribution >= 0.6 is 0 Å². The molecule has 0 unspecified atom stereocenters. The minimum Gasteiger partial charge on any atom is -0.437 e. The molecule has 0 amide bonds. The highest BCUT2D eigenvalue weighted by Crippen LogP contribution is 2.31. The Kier molecular flexibility index (Phi) is 3.87. The number of nitrogens with zero attached hydrogens (tertiary/aromatic N) is 2. The van der Waals surface area contributed by atoms with E-state index in [9.17, 15) is 0 Å². The van der Waals surface area contributed by atoms with Crippen molar-refractivity contribution in [2.24, 2.45) is 0 Å². The third-order valence-electron chi connectivity index (χ3n) is 3.20. The highest BCUT2D eigenvalue weighted by Gasteiger charge is 2.11. The number of benzene rings is 2. The van der Waals surface area contributed by atoms with E-state index in [4.69, 9.17) is 10.5 Å². The number of aryl methyl sites for hydroxylation is 1. The second kappa shape index (κ2) is 6.13.